The maximum Gasteiger partial charge on any atom is 0.101 e. The van der Waals surface area contributed by atoms with Crippen LogP contribution < -0.4 is 4.90 Å². The number of hydrogen-bond donors (Lipinski definition) is 0. The second-order valence-electron chi connectivity index (χ2n) is 4.71. The highest BCUT2D eigenvalue weighted by molar-refractivity contribution is 9.10. The molecule has 1 fully saturated rings. The van der Waals surface area contributed by atoms with E-state index in [1.165, 1.54) is 17.7 Å². The Morgan fingerprint density at radius 3 is 2.84 bits per heavy atom. The third-order valence-corrected chi connectivity index (χ3v) is 4.64. The smallest absolute Gasteiger partial charge is 0.101 e. The summed E-state index contributed by atoms with van der Waals surface area (Å²) in [6, 6.07) is 13.1. The average Bonchev–Trinajstić information content (AvgIpc) is 3.13. The molecule has 3 rings (SSSR count). The molecule has 2 aromatic rings. The lowest BCUT2D eigenvalue weighted by molar-refractivity contribution is 0.802. The minimum absolute atomic E-state index is 0.593. The van der Waals surface area contributed by atoms with Gasteiger partial charge in [0.2, 0.25) is 0 Å². The Hall–Kier alpha value is -1.31. The van der Waals surface area contributed by atoms with E-state index in [0.29, 0.717) is 6.04 Å². The number of rotatable bonds is 4. The molecule has 1 aromatic carbocycles. The van der Waals surface area contributed by atoms with Gasteiger partial charge >= 0.3 is 0 Å². The Bertz CT molecular complexity index is 612. The van der Waals surface area contributed by atoms with Gasteiger partial charge in [-0.15, -0.1) is 11.3 Å². The molecule has 1 aliphatic rings. The standard InChI is InChI=1S/C15H13BrN2S/c16-12-3-6-15(11(8-12)9-17)18(13-4-5-13)10-14-2-1-7-19-14/h1-3,6-8,13H,4-5,10H2. The molecule has 2 nitrogen and oxygen atoms in total. The van der Waals surface area contributed by atoms with Crippen molar-refractivity contribution in [1.29, 1.82) is 5.26 Å². The maximum absolute atomic E-state index is 9.33. The zero-order valence-electron chi connectivity index (χ0n) is 10.3. The predicted molar refractivity (Wildman–Crippen MR) is 82.4 cm³/mol. The molecule has 1 saturated carbocycles. The second kappa shape index (κ2) is 5.36. The number of thiophene rings is 1. The fourth-order valence-electron chi connectivity index (χ4n) is 2.22. The topological polar surface area (TPSA) is 27.0 Å². The van der Waals surface area contributed by atoms with E-state index in [-0.39, 0.29) is 0 Å². The van der Waals surface area contributed by atoms with Crippen molar-refractivity contribution in [3.63, 3.8) is 0 Å². The molecule has 1 aromatic heterocycles. The number of halogens is 1. The van der Waals surface area contributed by atoms with Crippen LogP contribution in [0.1, 0.15) is 23.3 Å². The van der Waals surface area contributed by atoms with Crippen LogP contribution >= 0.6 is 27.3 Å². The highest BCUT2D eigenvalue weighted by Gasteiger charge is 2.30. The number of anilines is 1. The van der Waals surface area contributed by atoms with E-state index in [4.69, 9.17) is 0 Å². The predicted octanol–water partition coefficient (Wildman–Crippen LogP) is 4.55. The van der Waals surface area contributed by atoms with Crippen molar-refractivity contribution < 1.29 is 0 Å². The Kier molecular flexibility index (Phi) is 3.58. The van der Waals surface area contributed by atoms with Crippen molar-refractivity contribution in [2.45, 2.75) is 25.4 Å². The molecular formula is C15H13BrN2S. The summed E-state index contributed by atoms with van der Waals surface area (Å²) in [5.41, 5.74) is 1.81. The highest BCUT2D eigenvalue weighted by Crippen LogP contribution is 2.36. The molecule has 0 bridgehead atoms. The first kappa shape index (κ1) is 12.7. The Morgan fingerprint density at radius 1 is 1.37 bits per heavy atom. The van der Waals surface area contributed by atoms with Gasteiger partial charge in [-0.1, -0.05) is 22.0 Å². The van der Waals surface area contributed by atoms with Gasteiger partial charge in [0.1, 0.15) is 6.07 Å². The summed E-state index contributed by atoms with van der Waals surface area (Å²) in [5, 5.41) is 11.4. The van der Waals surface area contributed by atoms with Crippen LogP contribution in [0.4, 0.5) is 5.69 Å². The molecule has 0 N–H and O–H groups in total. The van der Waals surface area contributed by atoms with E-state index in [0.717, 1.165) is 22.3 Å². The molecule has 96 valence electrons. The SMILES string of the molecule is N#Cc1cc(Br)ccc1N(Cc1cccs1)C1CC1. The van der Waals surface area contributed by atoms with Crippen molar-refractivity contribution >= 4 is 33.0 Å². The van der Waals surface area contributed by atoms with E-state index >= 15 is 0 Å². The summed E-state index contributed by atoms with van der Waals surface area (Å²) in [6.45, 7) is 0.901. The lowest BCUT2D eigenvalue weighted by atomic mass is 10.1. The molecule has 19 heavy (non-hydrogen) atoms. The number of nitriles is 1. The van der Waals surface area contributed by atoms with Gasteiger partial charge in [-0.2, -0.15) is 5.26 Å². The van der Waals surface area contributed by atoms with Gasteiger partial charge in [0, 0.05) is 15.4 Å². The van der Waals surface area contributed by atoms with Crippen molar-refractivity contribution in [3.8, 4) is 6.07 Å². The molecule has 1 heterocycles. The summed E-state index contributed by atoms with van der Waals surface area (Å²) in [4.78, 5) is 3.72. The fourth-order valence-corrected chi connectivity index (χ4v) is 3.28. The summed E-state index contributed by atoms with van der Waals surface area (Å²) in [6.07, 6.45) is 2.46. The quantitative estimate of drug-likeness (QED) is 0.821. The zero-order valence-corrected chi connectivity index (χ0v) is 12.7. The van der Waals surface area contributed by atoms with Gasteiger partial charge in [-0.3, -0.25) is 0 Å². The van der Waals surface area contributed by atoms with Gasteiger partial charge in [0.15, 0.2) is 0 Å². The highest BCUT2D eigenvalue weighted by atomic mass is 79.9. The van der Waals surface area contributed by atoms with Crippen LogP contribution in [0.5, 0.6) is 0 Å². The van der Waals surface area contributed by atoms with Crippen molar-refractivity contribution in [2.75, 3.05) is 4.90 Å². The van der Waals surface area contributed by atoms with Crippen LogP contribution in [0.2, 0.25) is 0 Å². The van der Waals surface area contributed by atoms with Gasteiger partial charge in [-0.25, -0.2) is 0 Å². The zero-order chi connectivity index (χ0) is 13.2. The normalized spacial score (nSPS) is 14.1. The summed E-state index contributed by atoms with van der Waals surface area (Å²) in [5.74, 6) is 0. The molecule has 0 radical (unpaired) electrons. The van der Waals surface area contributed by atoms with Crippen molar-refractivity contribution in [2.24, 2.45) is 0 Å². The third kappa shape index (κ3) is 2.83. The molecule has 0 atom stereocenters. The van der Waals surface area contributed by atoms with Gasteiger partial charge in [-0.05, 0) is 42.5 Å². The summed E-state index contributed by atoms with van der Waals surface area (Å²) >= 11 is 5.21. The molecule has 1 aliphatic carbocycles. The number of benzene rings is 1. The second-order valence-corrected chi connectivity index (χ2v) is 6.66. The lowest BCUT2D eigenvalue weighted by Crippen LogP contribution is -2.25. The Balaban J connectivity index is 1.94. The molecule has 0 unspecified atom stereocenters. The van der Waals surface area contributed by atoms with Gasteiger partial charge in [0.05, 0.1) is 17.8 Å². The van der Waals surface area contributed by atoms with E-state index in [1.54, 1.807) is 11.3 Å². The molecule has 4 heteroatoms. The summed E-state index contributed by atoms with van der Waals surface area (Å²) < 4.78 is 0.958. The minimum Gasteiger partial charge on any atom is -0.362 e. The monoisotopic (exact) mass is 332 g/mol. The average molecular weight is 333 g/mol. The van der Waals surface area contributed by atoms with Crippen molar-refractivity contribution in [1.82, 2.24) is 0 Å². The van der Waals surface area contributed by atoms with Crippen LogP contribution in [0, 0.1) is 11.3 Å². The first-order chi connectivity index (χ1) is 9.28. The molecule has 0 amide bonds. The first-order valence-corrected chi connectivity index (χ1v) is 7.94. The number of nitrogens with zero attached hydrogens (tertiary/aromatic N) is 2. The van der Waals surface area contributed by atoms with Crippen LogP contribution in [-0.2, 0) is 6.54 Å². The van der Waals surface area contributed by atoms with E-state index in [2.05, 4.69) is 50.5 Å². The first-order valence-electron chi connectivity index (χ1n) is 6.26. The Morgan fingerprint density at radius 2 is 2.21 bits per heavy atom. The molecular weight excluding hydrogens is 320 g/mol. The Labute approximate surface area is 125 Å². The van der Waals surface area contributed by atoms with E-state index in [9.17, 15) is 5.26 Å². The summed E-state index contributed by atoms with van der Waals surface area (Å²) in [7, 11) is 0. The maximum atomic E-state index is 9.33. The van der Waals surface area contributed by atoms with E-state index < -0.39 is 0 Å². The van der Waals surface area contributed by atoms with E-state index in [1.807, 2.05) is 12.1 Å². The van der Waals surface area contributed by atoms with Crippen LogP contribution in [0.25, 0.3) is 0 Å². The molecule has 0 aliphatic heterocycles. The van der Waals surface area contributed by atoms with Crippen LogP contribution in [0.15, 0.2) is 40.2 Å². The lowest BCUT2D eigenvalue weighted by Gasteiger charge is -2.25. The molecule has 0 spiro atoms. The van der Waals surface area contributed by atoms with Gasteiger partial charge in [0.25, 0.3) is 0 Å². The number of hydrogen-bond acceptors (Lipinski definition) is 3. The van der Waals surface area contributed by atoms with Crippen molar-refractivity contribution in [3.05, 3.63) is 50.6 Å². The van der Waals surface area contributed by atoms with Crippen LogP contribution in [0.3, 0.4) is 0 Å². The third-order valence-electron chi connectivity index (χ3n) is 3.28. The molecule has 0 saturated heterocycles. The fraction of sp³-hybridized carbons (Fsp3) is 0.267. The van der Waals surface area contributed by atoms with Crippen LogP contribution in [-0.4, -0.2) is 6.04 Å². The largest absolute Gasteiger partial charge is 0.362 e. The van der Waals surface area contributed by atoms with Gasteiger partial charge < -0.3 is 4.90 Å². The minimum atomic E-state index is 0.593.